The molecule has 1 saturated carbocycles. The quantitative estimate of drug-likeness (QED) is 0.755. The van der Waals surface area contributed by atoms with Gasteiger partial charge in [0.15, 0.2) is 11.5 Å². The smallest absolute Gasteiger partial charge is 0.327 e. The second-order valence-electron chi connectivity index (χ2n) is 5.97. The lowest BCUT2D eigenvalue weighted by Gasteiger charge is -2.41. The van der Waals surface area contributed by atoms with Crippen LogP contribution < -0.4 is 9.47 Å². The number of carbonyl (C=O) groups excluding carboxylic acids is 1. The number of esters is 1. The zero-order chi connectivity index (χ0) is 16.1. The summed E-state index contributed by atoms with van der Waals surface area (Å²) < 4.78 is 43.2. The number of rotatable bonds is 2. The van der Waals surface area contributed by atoms with E-state index in [0.29, 0.717) is 24.3 Å². The van der Waals surface area contributed by atoms with E-state index in [2.05, 4.69) is 0 Å². The van der Waals surface area contributed by atoms with Gasteiger partial charge in [-0.05, 0) is 25.0 Å². The van der Waals surface area contributed by atoms with Crippen molar-refractivity contribution in [2.24, 2.45) is 0 Å². The maximum Gasteiger partial charge on any atom is 0.327 e. The molecule has 23 heavy (non-hydrogen) atoms. The van der Waals surface area contributed by atoms with Gasteiger partial charge >= 0.3 is 5.97 Å². The van der Waals surface area contributed by atoms with E-state index in [0.717, 1.165) is 12.8 Å². The number of cyclic esters (lactones) is 1. The Labute approximate surface area is 134 Å². The van der Waals surface area contributed by atoms with Gasteiger partial charge in [-0.3, -0.25) is 4.79 Å². The first-order valence-electron chi connectivity index (χ1n) is 7.64. The maximum atomic E-state index is 13.1. The summed E-state index contributed by atoms with van der Waals surface area (Å²) in [5.41, 5.74) is -1.05. The lowest BCUT2D eigenvalue weighted by atomic mass is 9.97. The van der Waals surface area contributed by atoms with Gasteiger partial charge < -0.3 is 14.2 Å². The molecule has 2 fully saturated rings. The van der Waals surface area contributed by atoms with Gasteiger partial charge in [-0.1, -0.05) is 12.8 Å². The Balaban J connectivity index is 1.76. The number of hydrogen-bond acceptors (Lipinski definition) is 6. The summed E-state index contributed by atoms with van der Waals surface area (Å²) >= 11 is 0. The molecule has 0 unspecified atom stereocenters. The fraction of sp³-hybridized carbons (Fsp3) is 0.533. The van der Waals surface area contributed by atoms with Gasteiger partial charge in [0.1, 0.15) is 12.1 Å². The minimum atomic E-state index is -3.81. The van der Waals surface area contributed by atoms with Gasteiger partial charge in [-0.2, -0.15) is 4.31 Å². The fourth-order valence-corrected chi connectivity index (χ4v) is 5.38. The molecule has 0 radical (unpaired) electrons. The molecule has 0 atom stereocenters. The standard InChI is InChI=1S/C15H17NO6S/c17-14-15(5-1-2-6-15)16(7-8-20-14)23(18,19)11-3-4-12-13(9-11)22-10-21-12/h3-4,9H,1-2,5-8,10H2. The first kappa shape index (κ1) is 14.8. The Morgan fingerprint density at radius 2 is 1.78 bits per heavy atom. The van der Waals surface area contributed by atoms with E-state index in [1.807, 2.05) is 0 Å². The van der Waals surface area contributed by atoms with Crippen molar-refractivity contribution in [2.45, 2.75) is 36.1 Å². The molecule has 1 saturated heterocycles. The zero-order valence-corrected chi connectivity index (χ0v) is 13.3. The first-order valence-corrected chi connectivity index (χ1v) is 9.08. The van der Waals surface area contributed by atoms with Crippen molar-refractivity contribution in [1.82, 2.24) is 4.31 Å². The minimum absolute atomic E-state index is 0.0822. The molecular weight excluding hydrogens is 322 g/mol. The van der Waals surface area contributed by atoms with Crippen LogP contribution in [0.1, 0.15) is 25.7 Å². The molecule has 0 aromatic heterocycles. The highest BCUT2D eigenvalue weighted by atomic mass is 32.2. The molecule has 2 heterocycles. The van der Waals surface area contributed by atoms with Crippen LogP contribution in [0.25, 0.3) is 0 Å². The van der Waals surface area contributed by atoms with Crippen LogP contribution in [0.15, 0.2) is 23.1 Å². The average Bonchev–Trinajstić information content (AvgIpc) is 3.19. The summed E-state index contributed by atoms with van der Waals surface area (Å²) in [6, 6.07) is 4.53. The molecule has 1 spiro atoms. The fourth-order valence-electron chi connectivity index (χ4n) is 3.60. The third-order valence-corrected chi connectivity index (χ3v) is 6.71. The van der Waals surface area contributed by atoms with E-state index >= 15 is 0 Å². The van der Waals surface area contributed by atoms with Crippen molar-refractivity contribution < 1.29 is 27.4 Å². The van der Waals surface area contributed by atoms with Crippen molar-refractivity contribution in [3.63, 3.8) is 0 Å². The highest BCUT2D eigenvalue weighted by Crippen LogP contribution is 2.42. The van der Waals surface area contributed by atoms with Crippen LogP contribution in [-0.2, 0) is 19.6 Å². The molecular formula is C15H17NO6S. The van der Waals surface area contributed by atoms with Crippen molar-refractivity contribution in [3.8, 4) is 11.5 Å². The summed E-state index contributed by atoms with van der Waals surface area (Å²) in [4.78, 5) is 12.4. The Hall–Kier alpha value is -1.80. The molecule has 3 aliphatic rings. The number of hydrogen-bond donors (Lipinski definition) is 0. The van der Waals surface area contributed by atoms with Gasteiger partial charge in [0.05, 0.1) is 4.90 Å². The Morgan fingerprint density at radius 1 is 1.04 bits per heavy atom. The van der Waals surface area contributed by atoms with Crippen LogP contribution in [-0.4, -0.2) is 44.2 Å². The SMILES string of the molecule is O=C1OCCN(S(=O)(=O)c2ccc3c(c2)OCO3)C12CCCC2. The number of ether oxygens (including phenoxy) is 3. The van der Waals surface area contributed by atoms with E-state index in [1.165, 1.54) is 16.4 Å². The molecule has 1 aromatic carbocycles. The van der Waals surface area contributed by atoms with Crippen LogP contribution in [0.2, 0.25) is 0 Å². The van der Waals surface area contributed by atoms with E-state index in [-0.39, 0.29) is 24.8 Å². The highest BCUT2D eigenvalue weighted by Gasteiger charge is 2.54. The van der Waals surface area contributed by atoms with Gasteiger partial charge in [0.25, 0.3) is 0 Å². The molecule has 0 bridgehead atoms. The second kappa shape index (κ2) is 5.10. The summed E-state index contributed by atoms with van der Waals surface area (Å²) in [6.45, 7) is 0.353. The average molecular weight is 339 g/mol. The monoisotopic (exact) mass is 339 g/mol. The summed E-state index contributed by atoms with van der Waals surface area (Å²) in [5.74, 6) is 0.509. The number of morpholine rings is 1. The molecule has 1 aromatic rings. The Bertz CT molecular complexity index is 753. The molecule has 2 aliphatic heterocycles. The third kappa shape index (κ3) is 2.12. The first-order chi connectivity index (χ1) is 11.0. The van der Waals surface area contributed by atoms with Crippen LogP contribution in [0.4, 0.5) is 0 Å². The molecule has 4 rings (SSSR count). The van der Waals surface area contributed by atoms with Crippen molar-refractivity contribution in [2.75, 3.05) is 19.9 Å². The Morgan fingerprint density at radius 3 is 2.57 bits per heavy atom. The van der Waals surface area contributed by atoms with Gasteiger partial charge in [-0.15, -0.1) is 0 Å². The highest BCUT2D eigenvalue weighted by molar-refractivity contribution is 7.89. The van der Waals surface area contributed by atoms with E-state index < -0.39 is 21.5 Å². The van der Waals surface area contributed by atoms with Crippen molar-refractivity contribution in [3.05, 3.63) is 18.2 Å². The third-order valence-electron chi connectivity index (χ3n) is 4.75. The van der Waals surface area contributed by atoms with Crippen molar-refractivity contribution in [1.29, 1.82) is 0 Å². The number of nitrogens with zero attached hydrogens (tertiary/aromatic N) is 1. The van der Waals surface area contributed by atoms with E-state index in [1.54, 1.807) is 6.07 Å². The van der Waals surface area contributed by atoms with Crippen LogP contribution in [0, 0.1) is 0 Å². The summed E-state index contributed by atoms with van der Waals surface area (Å²) in [5, 5.41) is 0. The molecule has 0 N–H and O–H groups in total. The van der Waals surface area contributed by atoms with Crippen LogP contribution >= 0.6 is 0 Å². The van der Waals surface area contributed by atoms with E-state index in [9.17, 15) is 13.2 Å². The predicted octanol–water partition coefficient (Wildman–Crippen LogP) is 1.28. The van der Waals surface area contributed by atoms with Crippen LogP contribution in [0.3, 0.4) is 0 Å². The lowest BCUT2D eigenvalue weighted by Crippen LogP contribution is -2.60. The molecule has 1 aliphatic carbocycles. The number of carbonyl (C=O) groups is 1. The zero-order valence-electron chi connectivity index (χ0n) is 12.5. The number of fused-ring (bicyclic) bond motifs is 1. The molecule has 8 heteroatoms. The molecule has 124 valence electrons. The second-order valence-corrected chi connectivity index (χ2v) is 7.83. The topological polar surface area (TPSA) is 82.1 Å². The summed E-state index contributed by atoms with van der Waals surface area (Å²) in [6.07, 6.45) is 2.66. The van der Waals surface area contributed by atoms with Gasteiger partial charge in [-0.25, -0.2) is 8.42 Å². The number of sulfonamides is 1. The summed E-state index contributed by atoms with van der Waals surface area (Å²) in [7, 11) is -3.81. The largest absolute Gasteiger partial charge is 0.463 e. The van der Waals surface area contributed by atoms with Crippen LogP contribution in [0.5, 0.6) is 11.5 Å². The molecule has 7 nitrogen and oxygen atoms in total. The minimum Gasteiger partial charge on any atom is -0.463 e. The Kier molecular flexibility index (Phi) is 3.28. The van der Waals surface area contributed by atoms with E-state index in [4.69, 9.17) is 14.2 Å². The number of benzene rings is 1. The molecule has 0 amide bonds. The predicted molar refractivity (Wildman–Crippen MR) is 78.6 cm³/mol. The van der Waals surface area contributed by atoms with Gasteiger partial charge in [0, 0.05) is 12.6 Å². The normalized spacial score (nSPS) is 23.2. The maximum absolute atomic E-state index is 13.1. The van der Waals surface area contributed by atoms with Crippen molar-refractivity contribution >= 4 is 16.0 Å². The lowest BCUT2D eigenvalue weighted by molar-refractivity contribution is -0.162. The van der Waals surface area contributed by atoms with Gasteiger partial charge in [0.2, 0.25) is 16.8 Å².